The minimum Gasteiger partial charge on any atom is -0.497 e. The van der Waals surface area contributed by atoms with E-state index in [1.54, 1.807) is 14.2 Å². The van der Waals surface area contributed by atoms with E-state index in [0.29, 0.717) is 5.75 Å². The van der Waals surface area contributed by atoms with Crippen LogP contribution in [0.1, 0.15) is 0 Å². The number of hydrogen-bond acceptors (Lipinski definition) is 3. The lowest BCUT2D eigenvalue weighted by Crippen LogP contribution is -1.90. The van der Waals surface area contributed by atoms with Crippen molar-refractivity contribution in [3.05, 3.63) is 109 Å². The van der Waals surface area contributed by atoms with Crippen LogP contribution in [0.2, 0.25) is 0 Å². The SMILES string of the molecule is COc1ccc(-c2oc(-c3ccc(-c4ccccc4)cc3)cc2-c2ccccc2)c(OC)c1. The Balaban J connectivity index is 1.62. The van der Waals surface area contributed by atoms with E-state index in [-0.39, 0.29) is 0 Å². The molecule has 5 rings (SSSR count). The quantitative estimate of drug-likeness (QED) is 0.273. The summed E-state index contributed by atoms with van der Waals surface area (Å²) in [6.45, 7) is 0. The van der Waals surface area contributed by atoms with Crippen molar-refractivity contribution >= 4 is 0 Å². The molecule has 3 heteroatoms. The first-order valence-electron chi connectivity index (χ1n) is 10.8. The van der Waals surface area contributed by atoms with E-state index < -0.39 is 0 Å². The van der Waals surface area contributed by atoms with Crippen LogP contribution in [0.25, 0.3) is 44.9 Å². The van der Waals surface area contributed by atoms with E-state index in [2.05, 4.69) is 66.7 Å². The normalized spacial score (nSPS) is 10.7. The molecule has 0 radical (unpaired) electrons. The molecule has 0 saturated carbocycles. The summed E-state index contributed by atoms with van der Waals surface area (Å²) in [6, 6.07) is 37.0. The molecule has 33 heavy (non-hydrogen) atoms. The van der Waals surface area contributed by atoms with Gasteiger partial charge in [-0.3, -0.25) is 0 Å². The van der Waals surface area contributed by atoms with Gasteiger partial charge in [0.05, 0.1) is 19.8 Å². The topological polar surface area (TPSA) is 31.6 Å². The van der Waals surface area contributed by atoms with Crippen molar-refractivity contribution in [1.29, 1.82) is 0 Å². The number of ether oxygens (including phenoxy) is 2. The molecule has 0 unspecified atom stereocenters. The van der Waals surface area contributed by atoms with Crippen molar-refractivity contribution < 1.29 is 13.9 Å². The molecule has 5 aromatic rings. The predicted molar refractivity (Wildman–Crippen MR) is 134 cm³/mol. The molecule has 162 valence electrons. The van der Waals surface area contributed by atoms with E-state index in [1.807, 2.05) is 42.5 Å². The third-order valence-electron chi connectivity index (χ3n) is 5.75. The van der Waals surface area contributed by atoms with Gasteiger partial charge in [0.25, 0.3) is 0 Å². The van der Waals surface area contributed by atoms with Gasteiger partial charge >= 0.3 is 0 Å². The Morgan fingerprint density at radius 1 is 0.515 bits per heavy atom. The van der Waals surface area contributed by atoms with Crippen LogP contribution >= 0.6 is 0 Å². The van der Waals surface area contributed by atoms with Gasteiger partial charge in [0, 0.05) is 17.2 Å². The molecule has 0 fully saturated rings. The molecule has 0 N–H and O–H groups in total. The lowest BCUT2D eigenvalue weighted by Gasteiger charge is -2.10. The third-order valence-corrected chi connectivity index (χ3v) is 5.75. The van der Waals surface area contributed by atoms with Crippen molar-refractivity contribution in [1.82, 2.24) is 0 Å². The Bertz CT molecular complexity index is 1350. The summed E-state index contributed by atoms with van der Waals surface area (Å²) < 4.78 is 17.5. The molecule has 1 heterocycles. The highest BCUT2D eigenvalue weighted by Gasteiger charge is 2.19. The van der Waals surface area contributed by atoms with E-state index in [4.69, 9.17) is 13.9 Å². The fourth-order valence-electron chi connectivity index (χ4n) is 4.01. The van der Waals surface area contributed by atoms with Crippen LogP contribution in [0.4, 0.5) is 0 Å². The summed E-state index contributed by atoms with van der Waals surface area (Å²) in [6.07, 6.45) is 0. The molecule has 0 atom stereocenters. The summed E-state index contributed by atoms with van der Waals surface area (Å²) in [5, 5.41) is 0. The predicted octanol–water partition coefficient (Wildman–Crippen LogP) is 7.96. The largest absolute Gasteiger partial charge is 0.497 e. The van der Waals surface area contributed by atoms with Crippen LogP contribution in [0, 0.1) is 0 Å². The Labute approximate surface area is 193 Å². The second kappa shape index (κ2) is 9.09. The summed E-state index contributed by atoms with van der Waals surface area (Å²) >= 11 is 0. The fraction of sp³-hybridized carbons (Fsp3) is 0.0667. The molecule has 0 aliphatic heterocycles. The summed E-state index contributed by atoms with van der Waals surface area (Å²) in [4.78, 5) is 0. The Hall–Kier alpha value is -4.24. The van der Waals surface area contributed by atoms with Crippen LogP contribution in [0.3, 0.4) is 0 Å². The minimum absolute atomic E-state index is 0.701. The van der Waals surface area contributed by atoms with E-state index in [9.17, 15) is 0 Å². The van der Waals surface area contributed by atoms with Gasteiger partial charge < -0.3 is 13.9 Å². The van der Waals surface area contributed by atoms with Crippen LogP contribution in [-0.4, -0.2) is 14.2 Å². The maximum atomic E-state index is 6.48. The molecule has 1 aromatic heterocycles. The standard InChI is InChI=1S/C30H24O3/c1-31-25-17-18-26(29(19-25)32-2)30-27(23-11-7-4-8-12-23)20-28(33-30)24-15-13-22(14-16-24)21-9-5-3-6-10-21/h3-20H,1-2H3. The Morgan fingerprint density at radius 3 is 1.76 bits per heavy atom. The van der Waals surface area contributed by atoms with Crippen LogP contribution in [-0.2, 0) is 0 Å². The highest BCUT2D eigenvalue weighted by Crippen LogP contribution is 2.43. The molecule has 0 saturated heterocycles. The first-order chi connectivity index (χ1) is 16.3. The zero-order chi connectivity index (χ0) is 22.6. The molecule has 0 bridgehead atoms. The smallest absolute Gasteiger partial charge is 0.146 e. The lowest BCUT2D eigenvalue weighted by molar-refractivity contribution is 0.394. The molecule has 4 aromatic carbocycles. The number of furan rings is 1. The van der Waals surface area contributed by atoms with Gasteiger partial charge in [-0.25, -0.2) is 0 Å². The van der Waals surface area contributed by atoms with Crippen molar-refractivity contribution in [3.8, 4) is 56.4 Å². The molecule has 3 nitrogen and oxygen atoms in total. The Morgan fingerprint density at radius 2 is 1.12 bits per heavy atom. The average molecular weight is 433 g/mol. The maximum Gasteiger partial charge on any atom is 0.146 e. The van der Waals surface area contributed by atoms with Gasteiger partial charge in [0.2, 0.25) is 0 Å². The van der Waals surface area contributed by atoms with Gasteiger partial charge in [-0.05, 0) is 34.9 Å². The van der Waals surface area contributed by atoms with Crippen LogP contribution in [0.15, 0.2) is 114 Å². The number of benzene rings is 4. The summed E-state index contributed by atoms with van der Waals surface area (Å²) in [7, 11) is 3.31. The minimum atomic E-state index is 0.701. The Kier molecular flexibility index (Phi) is 5.69. The van der Waals surface area contributed by atoms with E-state index in [1.165, 1.54) is 11.1 Å². The molecule has 0 aliphatic rings. The second-order valence-corrected chi connectivity index (χ2v) is 7.73. The fourth-order valence-corrected chi connectivity index (χ4v) is 4.01. The monoisotopic (exact) mass is 432 g/mol. The van der Waals surface area contributed by atoms with Gasteiger partial charge in [0.1, 0.15) is 23.0 Å². The summed E-state index contributed by atoms with van der Waals surface area (Å²) in [5.41, 5.74) is 6.36. The van der Waals surface area contributed by atoms with Crippen molar-refractivity contribution in [2.45, 2.75) is 0 Å². The van der Waals surface area contributed by atoms with Gasteiger partial charge in [-0.15, -0.1) is 0 Å². The number of hydrogen-bond donors (Lipinski definition) is 0. The molecule has 0 amide bonds. The number of methoxy groups -OCH3 is 2. The molecule has 0 spiro atoms. The molecule has 0 aliphatic carbocycles. The van der Waals surface area contributed by atoms with Gasteiger partial charge in [0.15, 0.2) is 0 Å². The van der Waals surface area contributed by atoms with Crippen molar-refractivity contribution in [2.75, 3.05) is 14.2 Å². The second-order valence-electron chi connectivity index (χ2n) is 7.73. The van der Waals surface area contributed by atoms with Gasteiger partial charge in [-0.1, -0.05) is 84.9 Å². The van der Waals surface area contributed by atoms with Crippen LogP contribution in [0.5, 0.6) is 11.5 Å². The first kappa shape index (κ1) is 20.7. The van der Waals surface area contributed by atoms with Crippen LogP contribution < -0.4 is 9.47 Å². The molecular weight excluding hydrogens is 408 g/mol. The number of rotatable bonds is 6. The highest BCUT2D eigenvalue weighted by molar-refractivity contribution is 5.86. The van der Waals surface area contributed by atoms with E-state index >= 15 is 0 Å². The first-order valence-corrected chi connectivity index (χ1v) is 10.8. The third kappa shape index (κ3) is 4.13. The lowest BCUT2D eigenvalue weighted by atomic mass is 10.00. The van der Waals surface area contributed by atoms with Crippen molar-refractivity contribution in [3.63, 3.8) is 0 Å². The maximum absolute atomic E-state index is 6.48. The average Bonchev–Trinajstić information content (AvgIpc) is 3.34. The van der Waals surface area contributed by atoms with Gasteiger partial charge in [-0.2, -0.15) is 0 Å². The summed E-state index contributed by atoms with van der Waals surface area (Å²) in [5.74, 6) is 3.01. The zero-order valence-electron chi connectivity index (χ0n) is 18.6. The van der Waals surface area contributed by atoms with E-state index in [0.717, 1.165) is 39.5 Å². The molecular formula is C30H24O3. The highest BCUT2D eigenvalue weighted by atomic mass is 16.5. The van der Waals surface area contributed by atoms with Crippen molar-refractivity contribution in [2.24, 2.45) is 0 Å². The zero-order valence-corrected chi connectivity index (χ0v) is 18.6.